The second-order valence-electron chi connectivity index (χ2n) is 6.18. The summed E-state index contributed by atoms with van der Waals surface area (Å²) < 4.78 is 19.8. The van der Waals surface area contributed by atoms with Gasteiger partial charge in [-0.2, -0.15) is 9.38 Å². The van der Waals surface area contributed by atoms with Crippen LogP contribution in [0, 0.1) is 15.9 Å². The van der Waals surface area contributed by atoms with Crippen LogP contribution >= 0.6 is 11.3 Å². The standard InChI is InChI=1S/C17H16FN5O4S/c18-12-1-3-13(4-2-12)27-11-14(24)20-5-7-21(8-6-20)15-16(23(25)26)22-9-10-28-17(22)19-15/h1-4,9-10H,5-8,11H2. The number of amides is 1. The van der Waals surface area contributed by atoms with Crippen LogP contribution in [0.15, 0.2) is 35.8 Å². The van der Waals surface area contributed by atoms with E-state index in [1.165, 1.54) is 40.0 Å². The smallest absolute Gasteiger partial charge is 0.373 e. The van der Waals surface area contributed by atoms with Gasteiger partial charge in [0.1, 0.15) is 17.8 Å². The Balaban J connectivity index is 1.37. The van der Waals surface area contributed by atoms with Gasteiger partial charge in [-0.3, -0.25) is 4.79 Å². The molecule has 146 valence electrons. The Morgan fingerprint density at radius 2 is 1.96 bits per heavy atom. The zero-order valence-electron chi connectivity index (χ0n) is 14.7. The maximum absolute atomic E-state index is 12.9. The summed E-state index contributed by atoms with van der Waals surface area (Å²) in [6.07, 6.45) is 1.63. The molecule has 0 spiro atoms. The lowest BCUT2D eigenvalue weighted by atomic mass is 10.3. The molecule has 0 aliphatic carbocycles. The van der Waals surface area contributed by atoms with Crippen LogP contribution in [0.1, 0.15) is 0 Å². The van der Waals surface area contributed by atoms with E-state index in [-0.39, 0.29) is 24.1 Å². The number of piperazine rings is 1. The molecule has 3 heterocycles. The number of hydrogen-bond donors (Lipinski definition) is 0. The van der Waals surface area contributed by atoms with Crippen molar-refractivity contribution in [1.29, 1.82) is 0 Å². The second kappa shape index (κ2) is 7.43. The van der Waals surface area contributed by atoms with Crippen molar-refractivity contribution in [2.75, 3.05) is 37.7 Å². The predicted molar refractivity (Wildman–Crippen MR) is 100 cm³/mol. The van der Waals surface area contributed by atoms with E-state index >= 15 is 0 Å². The summed E-state index contributed by atoms with van der Waals surface area (Å²) in [5.41, 5.74) is 0. The molecule has 4 rings (SSSR count). The summed E-state index contributed by atoms with van der Waals surface area (Å²) in [6, 6.07) is 5.45. The minimum Gasteiger partial charge on any atom is -0.484 e. The van der Waals surface area contributed by atoms with Gasteiger partial charge in [-0.1, -0.05) is 11.3 Å². The summed E-state index contributed by atoms with van der Waals surface area (Å²) in [5, 5.41) is 13.2. The largest absolute Gasteiger partial charge is 0.484 e. The first-order chi connectivity index (χ1) is 13.5. The number of anilines is 1. The fourth-order valence-corrected chi connectivity index (χ4v) is 3.78. The minimum absolute atomic E-state index is 0.0596. The van der Waals surface area contributed by atoms with Gasteiger partial charge in [0.2, 0.25) is 5.82 Å². The average molecular weight is 405 g/mol. The fourth-order valence-electron chi connectivity index (χ4n) is 3.08. The Morgan fingerprint density at radius 3 is 2.64 bits per heavy atom. The summed E-state index contributed by atoms with van der Waals surface area (Å²) >= 11 is 1.33. The SMILES string of the molecule is O=C(COc1ccc(F)cc1)N1CCN(c2nc3sccn3c2[N+](=O)[O-])CC1. The molecule has 3 aromatic rings. The zero-order chi connectivity index (χ0) is 19.7. The number of rotatable bonds is 5. The summed E-state index contributed by atoms with van der Waals surface area (Å²) in [6.45, 7) is 1.55. The summed E-state index contributed by atoms with van der Waals surface area (Å²) in [7, 11) is 0. The van der Waals surface area contributed by atoms with E-state index in [1.807, 2.05) is 4.90 Å². The third-order valence-electron chi connectivity index (χ3n) is 4.50. The van der Waals surface area contributed by atoms with Crippen LogP contribution in [-0.4, -0.2) is 57.9 Å². The van der Waals surface area contributed by atoms with E-state index in [0.717, 1.165) is 0 Å². The molecule has 0 atom stereocenters. The van der Waals surface area contributed by atoms with Crippen molar-refractivity contribution in [3.05, 3.63) is 51.8 Å². The number of nitro groups is 1. The van der Waals surface area contributed by atoms with E-state index < -0.39 is 4.92 Å². The Bertz CT molecular complexity index is 1010. The topological polar surface area (TPSA) is 93.2 Å². The molecule has 11 heteroatoms. The Hall–Kier alpha value is -3.21. The number of benzene rings is 1. The number of fused-ring (bicyclic) bond motifs is 1. The van der Waals surface area contributed by atoms with E-state index in [2.05, 4.69) is 4.98 Å². The number of carbonyl (C=O) groups excluding carboxylic acids is 1. The van der Waals surface area contributed by atoms with E-state index in [0.29, 0.717) is 42.7 Å². The minimum atomic E-state index is -0.434. The number of aromatic nitrogens is 2. The molecule has 9 nitrogen and oxygen atoms in total. The van der Waals surface area contributed by atoms with Crippen LogP contribution < -0.4 is 9.64 Å². The molecule has 1 amide bonds. The first-order valence-corrected chi connectivity index (χ1v) is 9.42. The van der Waals surface area contributed by atoms with Crippen LogP contribution in [0.3, 0.4) is 0 Å². The molecule has 0 saturated carbocycles. The number of halogens is 1. The van der Waals surface area contributed by atoms with Gasteiger partial charge in [0.15, 0.2) is 6.61 Å². The monoisotopic (exact) mass is 405 g/mol. The molecule has 1 aromatic carbocycles. The normalized spacial score (nSPS) is 14.5. The van der Waals surface area contributed by atoms with Crippen LogP contribution in [-0.2, 0) is 4.79 Å². The summed E-state index contributed by atoms with van der Waals surface area (Å²) in [4.78, 5) is 31.8. The summed E-state index contributed by atoms with van der Waals surface area (Å²) in [5.74, 6) is 0.122. The van der Waals surface area contributed by atoms with Crippen molar-refractivity contribution in [1.82, 2.24) is 14.3 Å². The van der Waals surface area contributed by atoms with Crippen molar-refractivity contribution >= 4 is 33.8 Å². The molecule has 0 N–H and O–H groups in total. The Labute approximate surface area is 162 Å². The zero-order valence-corrected chi connectivity index (χ0v) is 15.5. The fraction of sp³-hybridized carbons (Fsp3) is 0.294. The number of ether oxygens (including phenoxy) is 1. The van der Waals surface area contributed by atoms with Crippen LogP contribution in [0.2, 0.25) is 0 Å². The molecule has 28 heavy (non-hydrogen) atoms. The van der Waals surface area contributed by atoms with Crippen molar-refractivity contribution in [2.45, 2.75) is 0 Å². The number of imidazole rings is 1. The lowest BCUT2D eigenvalue weighted by Gasteiger charge is -2.34. The predicted octanol–water partition coefficient (Wildman–Crippen LogP) is 2.17. The molecule has 2 aromatic heterocycles. The van der Waals surface area contributed by atoms with Gasteiger partial charge >= 0.3 is 5.82 Å². The van der Waals surface area contributed by atoms with Gasteiger partial charge in [0.25, 0.3) is 10.9 Å². The van der Waals surface area contributed by atoms with Gasteiger partial charge in [-0.15, -0.1) is 0 Å². The highest BCUT2D eigenvalue weighted by molar-refractivity contribution is 7.15. The third-order valence-corrected chi connectivity index (χ3v) is 5.26. The van der Waals surface area contributed by atoms with Gasteiger partial charge in [-0.05, 0) is 29.2 Å². The Morgan fingerprint density at radius 1 is 1.25 bits per heavy atom. The molecular weight excluding hydrogens is 389 g/mol. The maximum atomic E-state index is 12.9. The maximum Gasteiger partial charge on any atom is 0.373 e. The first kappa shape index (κ1) is 18.2. The van der Waals surface area contributed by atoms with Crippen molar-refractivity contribution < 1.29 is 18.8 Å². The van der Waals surface area contributed by atoms with Crippen molar-refractivity contribution in [3.8, 4) is 5.75 Å². The molecule has 1 aliphatic heterocycles. The second-order valence-corrected chi connectivity index (χ2v) is 7.06. The highest BCUT2D eigenvalue weighted by Crippen LogP contribution is 2.31. The highest BCUT2D eigenvalue weighted by atomic mass is 32.1. The van der Waals surface area contributed by atoms with Gasteiger partial charge in [0, 0.05) is 31.6 Å². The lowest BCUT2D eigenvalue weighted by Crippen LogP contribution is -2.50. The van der Waals surface area contributed by atoms with E-state index in [1.54, 1.807) is 16.5 Å². The third kappa shape index (κ3) is 3.48. The van der Waals surface area contributed by atoms with Gasteiger partial charge in [-0.25, -0.2) is 4.39 Å². The highest BCUT2D eigenvalue weighted by Gasteiger charge is 2.31. The Kier molecular flexibility index (Phi) is 4.82. The van der Waals surface area contributed by atoms with Crippen LogP contribution in [0.4, 0.5) is 16.0 Å². The molecule has 1 saturated heterocycles. The lowest BCUT2D eigenvalue weighted by molar-refractivity contribution is -0.389. The van der Waals surface area contributed by atoms with Crippen LogP contribution in [0.5, 0.6) is 5.75 Å². The first-order valence-electron chi connectivity index (χ1n) is 8.54. The molecule has 1 fully saturated rings. The van der Waals surface area contributed by atoms with Crippen LogP contribution in [0.25, 0.3) is 4.96 Å². The number of nitrogens with zero attached hydrogens (tertiary/aromatic N) is 5. The molecule has 0 radical (unpaired) electrons. The van der Waals surface area contributed by atoms with Gasteiger partial charge < -0.3 is 24.7 Å². The quantitative estimate of drug-likeness (QED) is 0.477. The number of hydrogen-bond acceptors (Lipinski definition) is 7. The number of thiazole rings is 1. The van der Waals surface area contributed by atoms with Crippen molar-refractivity contribution in [2.24, 2.45) is 0 Å². The van der Waals surface area contributed by atoms with E-state index in [9.17, 15) is 19.3 Å². The molecular formula is C17H16FN5O4S. The molecule has 1 aliphatic rings. The van der Waals surface area contributed by atoms with E-state index in [4.69, 9.17) is 4.74 Å². The van der Waals surface area contributed by atoms with Crippen molar-refractivity contribution in [3.63, 3.8) is 0 Å². The average Bonchev–Trinajstić information content (AvgIpc) is 3.28. The molecule has 0 unspecified atom stereocenters. The molecule has 0 bridgehead atoms. The number of carbonyl (C=O) groups is 1. The van der Waals surface area contributed by atoms with Gasteiger partial charge in [0.05, 0.1) is 0 Å².